The molecular weight excluding hydrogens is 197 g/mol. The molecule has 0 aliphatic carbocycles. The summed E-state index contributed by atoms with van der Waals surface area (Å²) in [6.07, 6.45) is 0. The van der Waals surface area contributed by atoms with Crippen LogP contribution in [0.15, 0.2) is 18.2 Å². The SMILES string of the molecule is CNC(=O)c1ccc(NCC#N)cc1F. The van der Waals surface area contributed by atoms with Gasteiger partial charge in [0.05, 0.1) is 11.6 Å². The predicted octanol–water partition coefficient (Wildman–Crippen LogP) is 1.12. The van der Waals surface area contributed by atoms with Crippen LogP contribution >= 0.6 is 0 Å². The molecule has 5 heteroatoms. The number of nitrogens with one attached hydrogen (secondary N) is 2. The zero-order valence-corrected chi connectivity index (χ0v) is 8.17. The number of halogens is 1. The van der Waals surface area contributed by atoms with Gasteiger partial charge in [-0.2, -0.15) is 5.26 Å². The van der Waals surface area contributed by atoms with Crippen LogP contribution in [0.5, 0.6) is 0 Å². The molecule has 0 bridgehead atoms. The summed E-state index contributed by atoms with van der Waals surface area (Å²) in [5.74, 6) is -1.09. The summed E-state index contributed by atoms with van der Waals surface area (Å²) >= 11 is 0. The van der Waals surface area contributed by atoms with Crippen LogP contribution in [0.25, 0.3) is 0 Å². The Morgan fingerprint density at radius 2 is 2.33 bits per heavy atom. The van der Waals surface area contributed by atoms with Crippen molar-refractivity contribution in [2.45, 2.75) is 0 Å². The van der Waals surface area contributed by atoms with E-state index in [0.717, 1.165) is 0 Å². The summed E-state index contributed by atoms with van der Waals surface area (Å²) in [7, 11) is 1.43. The molecule has 0 saturated heterocycles. The Labute approximate surface area is 86.7 Å². The van der Waals surface area contributed by atoms with Crippen molar-refractivity contribution in [2.75, 3.05) is 18.9 Å². The Morgan fingerprint density at radius 3 is 2.87 bits per heavy atom. The number of nitriles is 1. The minimum atomic E-state index is -0.614. The van der Waals surface area contributed by atoms with Crippen molar-refractivity contribution in [2.24, 2.45) is 0 Å². The van der Waals surface area contributed by atoms with Crippen LogP contribution in [0.1, 0.15) is 10.4 Å². The average molecular weight is 207 g/mol. The molecule has 0 atom stereocenters. The molecule has 4 nitrogen and oxygen atoms in total. The maximum atomic E-state index is 13.3. The van der Waals surface area contributed by atoms with Gasteiger partial charge >= 0.3 is 0 Å². The first-order valence-electron chi connectivity index (χ1n) is 4.31. The maximum Gasteiger partial charge on any atom is 0.253 e. The van der Waals surface area contributed by atoms with E-state index in [-0.39, 0.29) is 12.1 Å². The number of amides is 1. The first kappa shape index (κ1) is 11.0. The van der Waals surface area contributed by atoms with Gasteiger partial charge in [0.2, 0.25) is 0 Å². The average Bonchev–Trinajstić information content (AvgIpc) is 2.25. The quantitative estimate of drug-likeness (QED) is 0.730. The van der Waals surface area contributed by atoms with Gasteiger partial charge in [-0.15, -0.1) is 0 Å². The molecular formula is C10H10FN3O. The number of rotatable bonds is 3. The summed E-state index contributed by atoms with van der Waals surface area (Å²) in [6.45, 7) is 0.0960. The van der Waals surface area contributed by atoms with Gasteiger partial charge in [-0.1, -0.05) is 0 Å². The lowest BCUT2D eigenvalue weighted by molar-refractivity contribution is 0.0959. The fourth-order valence-corrected chi connectivity index (χ4v) is 1.09. The Kier molecular flexibility index (Phi) is 3.63. The normalized spacial score (nSPS) is 9.13. The van der Waals surface area contributed by atoms with E-state index < -0.39 is 11.7 Å². The van der Waals surface area contributed by atoms with Gasteiger partial charge in [0.1, 0.15) is 12.4 Å². The number of hydrogen-bond donors (Lipinski definition) is 2. The number of hydrogen-bond acceptors (Lipinski definition) is 3. The second kappa shape index (κ2) is 4.96. The molecule has 2 N–H and O–H groups in total. The molecule has 1 aromatic carbocycles. The van der Waals surface area contributed by atoms with Crippen molar-refractivity contribution in [3.63, 3.8) is 0 Å². The van der Waals surface area contributed by atoms with Gasteiger partial charge in [-0.05, 0) is 18.2 Å². The lowest BCUT2D eigenvalue weighted by Crippen LogP contribution is -2.19. The van der Waals surface area contributed by atoms with Crippen molar-refractivity contribution in [1.29, 1.82) is 5.26 Å². The molecule has 1 rings (SSSR count). The van der Waals surface area contributed by atoms with Crippen molar-refractivity contribution in [3.8, 4) is 6.07 Å². The van der Waals surface area contributed by atoms with E-state index in [1.54, 1.807) is 6.07 Å². The summed E-state index contributed by atoms with van der Waals surface area (Å²) < 4.78 is 13.3. The fraction of sp³-hybridized carbons (Fsp3) is 0.200. The van der Waals surface area contributed by atoms with Crippen LogP contribution in [-0.4, -0.2) is 19.5 Å². The van der Waals surface area contributed by atoms with Crippen molar-refractivity contribution in [3.05, 3.63) is 29.6 Å². The van der Waals surface area contributed by atoms with Gasteiger partial charge < -0.3 is 10.6 Å². The van der Waals surface area contributed by atoms with Gasteiger partial charge in [0.15, 0.2) is 0 Å². The van der Waals surface area contributed by atoms with Crippen molar-refractivity contribution >= 4 is 11.6 Å². The molecule has 0 heterocycles. The van der Waals surface area contributed by atoms with E-state index in [1.807, 2.05) is 6.07 Å². The minimum absolute atomic E-state index is 0.0139. The van der Waals surface area contributed by atoms with Gasteiger partial charge in [0.25, 0.3) is 5.91 Å². The molecule has 0 saturated carbocycles. The van der Waals surface area contributed by atoms with E-state index in [4.69, 9.17) is 5.26 Å². The molecule has 15 heavy (non-hydrogen) atoms. The number of benzene rings is 1. The molecule has 0 aromatic heterocycles. The maximum absolute atomic E-state index is 13.3. The van der Waals surface area contributed by atoms with Crippen LogP contribution in [0, 0.1) is 17.1 Å². The lowest BCUT2D eigenvalue weighted by atomic mass is 10.2. The molecule has 1 amide bonds. The van der Waals surface area contributed by atoms with E-state index in [1.165, 1.54) is 19.2 Å². The fourth-order valence-electron chi connectivity index (χ4n) is 1.09. The number of carbonyl (C=O) groups excluding carboxylic acids is 1. The molecule has 0 spiro atoms. The highest BCUT2D eigenvalue weighted by Crippen LogP contribution is 2.14. The smallest absolute Gasteiger partial charge is 0.253 e. The monoisotopic (exact) mass is 207 g/mol. The molecule has 0 aliphatic rings. The van der Waals surface area contributed by atoms with Gasteiger partial charge in [0, 0.05) is 12.7 Å². The van der Waals surface area contributed by atoms with Crippen LogP contribution < -0.4 is 10.6 Å². The zero-order chi connectivity index (χ0) is 11.3. The van der Waals surface area contributed by atoms with E-state index in [2.05, 4.69) is 10.6 Å². The summed E-state index contributed by atoms with van der Waals surface area (Å²) in [5, 5.41) is 13.3. The molecule has 0 fully saturated rings. The molecule has 1 aromatic rings. The van der Waals surface area contributed by atoms with Gasteiger partial charge in [-0.3, -0.25) is 4.79 Å². The topological polar surface area (TPSA) is 64.9 Å². The highest BCUT2D eigenvalue weighted by Gasteiger charge is 2.09. The van der Waals surface area contributed by atoms with E-state index in [0.29, 0.717) is 5.69 Å². The first-order valence-corrected chi connectivity index (χ1v) is 4.31. The predicted molar refractivity (Wildman–Crippen MR) is 53.9 cm³/mol. The second-order valence-corrected chi connectivity index (χ2v) is 2.79. The zero-order valence-electron chi connectivity index (χ0n) is 8.17. The summed E-state index contributed by atoms with van der Waals surface area (Å²) in [4.78, 5) is 11.1. The third-order valence-corrected chi connectivity index (χ3v) is 1.81. The Morgan fingerprint density at radius 1 is 1.60 bits per heavy atom. The van der Waals surface area contributed by atoms with Gasteiger partial charge in [-0.25, -0.2) is 4.39 Å². The third kappa shape index (κ3) is 2.68. The van der Waals surface area contributed by atoms with E-state index in [9.17, 15) is 9.18 Å². The highest BCUT2D eigenvalue weighted by molar-refractivity contribution is 5.94. The molecule has 0 unspecified atom stereocenters. The standard InChI is InChI=1S/C10H10FN3O/c1-13-10(15)8-3-2-7(6-9(8)11)14-5-4-12/h2-3,6,14H,5H2,1H3,(H,13,15). The Bertz CT molecular complexity index is 412. The number of nitrogens with zero attached hydrogens (tertiary/aromatic N) is 1. The van der Waals surface area contributed by atoms with Crippen LogP contribution in [0.4, 0.5) is 10.1 Å². The largest absolute Gasteiger partial charge is 0.372 e. The minimum Gasteiger partial charge on any atom is -0.372 e. The lowest BCUT2D eigenvalue weighted by Gasteiger charge is -2.05. The molecule has 78 valence electrons. The van der Waals surface area contributed by atoms with Crippen LogP contribution in [-0.2, 0) is 0 Å². The second-order valence-electron chi connectivity index (χ2n) is 2.79. The molecule has 0 radical (unpaired) electrons. The Balaban J connectivity index is 2.89. The van der Waals surface area contributed by atoms with Crippen molar-refractivity contribution in [1.82, 2.24) is 5.32 Å². The Hall–Kier alpha value is -2.09. The highest BCUT2D eigenvalue weighted by atomic mass is 19.1. The van der Waals surface area contributed by atoms with Crippen LogP contribution in [0.3, 0.4) is 0 Å². The third-order valence-electron chi connectivity index (χ3n) is 1.81. The van der Waals surface area contributed by atoms with Crippen LogP contribution in [0.2, 0.25) is 0 Å². The number of carbonyl (C=O) groups is 1. The number of anilines is 1. The summed E-state index contributed by atoms with van der Waals surface area (Å²) in [6, 6.07) is 5.97. The molecule has 0 aliphatic heterocycles. The van der Waals surface area contributed by atoms with E-state index >= 15 is 0 Å². The van der Waals surface area contributed by atoms with Crippen molar-refractivity contribution < 1.29 is 9.18 Å². The summed E-state index contributed by atoms with van der Waals surface area (Å²) in [5.41, 5.74) is 0.460. The first-order chi connectivity index (χ1) is 7.19.